The first-order valence-corrected chi connectivity index (χ1v) is 7.92. The molecule has 0 fully saturated rings. The van der Waals surface area contributed by atoms with Gasteiger partial charge in [-0.25, -0.2) is 4.79 Å². The van der Waals surface area contributed by atoms with Crippen LogP contribution in [-0.2, 0) is 16.5 Å². The second-order valence-corrected chi connectivity index (χ2v) is 6.52. The highest BCUT2D eigenvalue weighted by Crippen LogP contribution is 2.11. The van der Waals surface area contributed by atoms with Crippen molar-refractivity contribution in [2.24, 2.45) is 7.05 Å². The molecule has 7 heteroatoms. The molecular formula is C16H30N4O3. The summed E-state index contributed by atoms with van der Waals surface area (Å²) in [5.74, 6) is 0. The molecule has 0 bridgehead atoms. The standard InChI is InChI=1S/C16H30N4O3/c1-13(14-7-8-18-19(14)5)17-9-10-20(11-12-22-6)15(21)23-16(2,3)4/h7-8,13,17H,9-12H2,1-6H3. The van der Waals surface area contributed by atoms with Gasteiger partial charge in [0, 0.05) is 46.0 Å². The van der Waals surface area contributed by atoms with Gasteiger partial charge in [0.15, 0.2) is 0 Å². The number of aryl methyl sites for hydroxylation is 1. The smallest absolute Gasteiger partial charge is 0.410 e. The van der Waals surface area contributed by atoms with Crippen molar-refractivity contribution < 1.29 is 14.3 Å². The topological polar surface area (TPSA) is 68.6 Å². The van der Waals surface area contributed by atoms with E-state index in [1.54, 1.807) is 18.2 Å². The molecule has 1 heterocycles. The van der Waals surface area contributed by atoms with Crippen molar-refractivity contribution in [1.29, 1.82) is 0 Å². The number of carbonyl (C=O) groups excluding carboxylic acids is 1. The minimum absolute atomic E-state index is 0.158. The van der Waals surface area contributed by atoms with Crippen LogP contribution >= 0.6 is 0 Å². The predicted molar refractivity (Wildman–Crippen MR) is 89.3 cm³/mol. The number of hydrogen-bond acceptors (Lipinski definition) is 5. The molecule has 0 aliphatic heterocycles. The molecular weight excluding hydrogens is 296 g/mol. The van der Waals surface area contributed by atoms with Crippen LogP contribution in [0.2, 0.25) is 0 Å². The van der Waals surface area contributed by atoms with Crippen molar-refractivity contribution in [1.82, 2.24) is 20.0 Å². The van der Waals surface area contributed by atoms with Crippen molar-refractivity contribution in [3.05, 3.63) is 18.0 Å². The molecule has 1 atom stereocenters. The Morgan fingerprint density at radius 1 is 1.43 bits per heavy atom. The first-order chi connectivity index (χ1) is 10.7. The van der Waals surface area contributed by atoms with Gasteiger partial charge in [0.2, 0.25) is 0 Å². The van der Waals surface area contributed by atoms with E-state index < -0.39 is 5.60 Å². The summed E-state index contributed by atoms with van der Waals surface area (Å²) < 4.78 is 12.4. The van der Waals surface area contributed by atoms with E-state index in [1.165, 1.54) is 0 Å². The third kappa shape index (κ3) is 7.00. The molecule has 1 rings (SSSR count). The summed E-state index contributed by atoms with van der Waals surface area (Å²) in [5.41, 5.74) is 0.600. The van der Waals surface area contributed by atoms with Gasteiger partial charge in [0.1, 0.15) is 5.60 Å². The van der Waals surface area contributed by atoms with E-state index in [0.29, 0.717) is 26.2 Å². The second-order valence-electron chi connectivity index (χ2n) is 6.52. The molecule has 1 aromatic rings. The van der Waals surface area contributed by atoms with Gasteiger partial charge in [0.25, 0.3) is 0 Å². The number of ether oxygens (including phenoxy) is 2. The zero-order chi connectivity index (χ0) is 17.5. The van der Waals surface area contributed by atoms with E-state index in [9.17, 15) is 4.79 Å². The van der Waals surface area contributed by atoms with Gasteiger partial charge < -0.3 is 19.7 Å². The molecule has 1 amide bonds. The average Bonchev–Trinajstić information content (AvgIpc) is 2.86. The Labute approximate surface area is 138 Å². The molecule has 0 aliphatic carbocycles. The van der Waals surface area contributed by atoms with Crippen LogP contribution in [0.25, 0.3) is 0 Å². The fourth-order valence-corrected chi connectivity index (χ4v) is 2.15. The van der Waals surface area contributed by atoms with Gasteiger partial charge in [-0.1, -0.05) is 0 Å². The highest BCUT2D eigenvalue weighted by Gasteiger charge is 2.22. The first kappa shape index (κ1) is 19.4. The van der Waals surface area contributed by atoms with Crippen molar-refractivity contribution in [2.75, 3.05) is 33.4 Å². The van der Waals surface area contributed by atoms with Crippen LogP contribution < -0.4 is 5.32 Å². The monoisotopic (exact) mass is 326 g/mol. The van der Waals surface area contributed by atoms with Gasteiger partial charge >= 0.3 is 6.09 Å². The zero-order valence-corrected chi connectivity index (χ0v) is 15.1. The van der Waals surface area contributed by atoms with E-state index >= 15 is 0 Å². The summed E-state index contributed by atoms with van der Waals surface area (Å²) in [6.45, 7) is 9.87. The lowest BCUT2D eigenvalue weighted by molar-refractivity contribution is 0.0203. The molecule has 0 saturated carbocycles. The number of rotatable bonds is 8. The Morgan fingerprint density at radius 2 is 2.13 bits per heavy atom. The van der Waals surface area contributed by atoms with Crippen LogP contribution in [0.4, 0.5) is 4.79 Å². The summed E-state index contributed by atoms with van der Waals surface area (Å²) >= 11 is 0. The maximum Gasteiger partial charge on any atom is 0.410 e. The highest BCUT2D eigenvalue weighted by atomic mass is 16.6. The molecule has 0 saturated heterocycles. The van der Waals surface area contributed by atoms with Crippen LogP contribution in [0.15, 0.2) is 12.3 Å². The fraction of sp³-hybridized carbons (Fsp3) is 0.750. The molecule has 1 unspecified atom stereocenters. The molecule has 0 aromatic carbocycles. The van der Waals surface area contributed by atoms with E-state index in [4.69, 9.17) is 9.47 Å². The largest absolute Gasteiger partial charge is 0.444 e. The number of amides is 1. The van der Waals surface area contributed by atoms with Crippen molar-refractivity contribution in [2.45, 2.75) is 39.3 Å². The Kier molecular flexibility index (Phi) is 7.51. The lowest BCUT2D eigenvalue weighted by atomic mass is 10.2. The van der Waals surface area contributed by atoms with Gasteiger partial charge in [-0.3, -0.25) is 4.68 Å². The number of aromatic nitrogens is 2. The number of methoxy groups -OCH3 is 1. The van der Waals surface area contributed by atoms with Crippen molar-refractivity contribution in [3.8, 4) is 0 Å². The maximum absolute atomic E-state index is 12.2. The second kappa shape index (κ2) is 8.88. The molecule has 1 aromatic heterocycles. The van der Waals surface area contributed by atoms with Gasteiger partial charge in [-0.15, -0.1) is 0 Å². The minimum atomic E-state index is -0.502. The van der Waals surface area contributed by atoms with Gasteiger partial charge in [-0.2, -0.15) is 5.10 Å². The fourth-order valence-electron chi connectivity index (χ4n) is 2.15. The molecule has 0 spiro atoms. The Hall–Kier alpha value is -1.60. The van der Waals surface area contributed by atoms with E-state index in [2.05, 4.69) is 17.3 Å². The van der Waals surface area contributed by atoms with Gasteiger partial charge in [0.05, 0.1) is 12.3 Å². The third-order valence-electron chi connectivity index (χ3n) is 3.35. The van der Waals surface area contributed by atoms with E-state index in [0.717, 1.165) is 5.69 Å². The van der Waals surface area contributed by atoms with E-state index in [1.807, 2.05) is 38.6 Å². The molecule has 23 heavy (non-hydrogen) atoms. The average molecular weight is 326 g/mol. The highest BCUT2D eigenvalue weighted by molar-refractivity contribution is 5.68. The van der Waals surface area contributed by atoms with Crippen LogP contribution in [-0.4, -0.2) is 59.7 Å². The summed E-state index contributed by atoms with van der Waals surface area (Å²) in [6, 6.07) is 2.14. The Morgan fingerprint density at radius 3 is 2.65 bits per heavy atom. The first-order valence-electron chi connectivity index (χ1n) is 7.92. The van der Waals surface area contributed by atoms with Crippen LogP contribution in [0.3, 0.4) is 0 Å². The summed E-state index contributed by atoms with van der Waals surface area (Å²) in [6.07, 6.45) is 1.46. The lowest BCUT2D eigenvalue weighted by Gasteiger charge is -2.27. The number of nitrogens with zero attached hydrogens (tertiary/aromatic N) is 3. The molecule has 132 valence electrons. The normalized spacial score (nSPS) is 13.0. The van der Waals surface area contributed by atoms with Crippen LogP contribution in [0.5, 0.6) is 0 Å². The SMILES string of the molecule is COCCN(CCNC(C)c1ccnn1C)C(=O)OC(C)(C)C. The molecule has 0 aliphatic rings. The number of carbonyl (C=O) groups is 1. The quantitative estimate of drug-likeness (QED) is 0.791. The summed E-state index contributed by atoms with van der Waals surface area (Å²) in [4.78, 5) is 13.9. The summed E-state index contributed by atoms with van der Waals surface area (Å²) in [7, 11) is 3.54. The van der Waals surface area contributed by atoms with Crippen molar-refractivity contribution in [3.63, 3.8) is 0 Å². The third-order valence-corrected chi connectivity index (χ3v) is 3.35. The number of hydrogen-bond donors (Lipinski definition) is 1. The zero-order valence-electron chi connectivity index (χ0n) is 15.1. The van der Waals surface area contributed by atoms with Crippen LogP contribution in [0.1, 0.15) is 39.4 Å². The Balaban J connectivity index is 2.50. The molecule has 0 radical (unpaired) electrons. The van der Waals surface area contributed by atoms with Gasteiger partial charge in [-0.05, 0) is 33.8 Å². The van der Waals surface area contributed by atoms with Crippen LogP contribution in [0, 0.1) is 0 Å². The predicted octanol–water partition coefficient (Wildman–Crippen LogP) is 1.95. The lowest BCUT2D eigenvalue weighted by Crippen LogP contribution is -2.42. The Bertz CT molecular complexity index is 482. The number of nitrogens with one attached hydrogen (secondary N) is 1. The molecule has 1 N–H and O–H groups in total. The maximum atomic E-state index is 12.2. The molecule has 7 nitrogen and oxygen atoms in total. The summed E-state index contributed by atoms with van der Waals surface area (Å²) in [5, 5.41) is 7.56. The van der Waals surface area contributed by atoms with Crippen molar-refractivity contribution >= 4 is 6.09 Å². The van der Waals surface area contributed by atoms with E-state index in [-0.39, 0.29) is 12.1 Å². The minimum Gasteiger partial charge on any atom is -0.444 e.